The van der Waals surface area contributed by atoms with Gasteiger partial charge in [0.15, 0.2) is 0 Å². The minimum absolute atomic E-state index is 0.0759. The number of hydrogen-bond donors (Lipinski definition) is 1. The molecule has 5 heteroatoms. The Bertz CT molecular complexity index is 1290. The van der Waals surface area contributed by atoms with Gasteiger partial charge in [-0.15, -0.1) is 11.8 Å². The second-order valence-corrected chi connectivity index (χ2v) is 8.93. The zero-order chi connectivity index (χ0) is 22.1. The molecule has 1 aliphatic heterocycles. The smallest absolute Gasteiger partial charge is 0.256 e. The van der Waals surface area contributed by atoms with Gasteiger partial charge in [-0.1, -0.05) is 66.2 Å². The lowest BCUT2D eigenvalue weighted by Crippen LogP contribution is -2.27. The van der Waals surface area contributed by atoms with Gasteiger partial charge in [0, 0.05) is 16.9 Å². The second-order valence-electron chi connectivity index (χ2n) is 7.87. The van der Waals surface area contributed by atoms with Crippen molar-refractivity contribution in [2.75, 3.05) is 16.0 Å². The van der Waals surface area contributed by atoms with Crippen molar-refractivity contribution in [1.29, 1.82) is 0 Å². The van der Waals surface area contributed by atoms with Gasteiger partial charge in [-0.2, -0.15) is 0 Å². The molecule has 1 unspecified atom stereocenters. The van der Waals surface area contributed by atoms with Gasteiger partial charge in [0.1, 0.15) is 5.37 Å². The van der Waals surface area contributed by atoms with Gasteiger partial charge < -0.3 is 5.32 Å². The standard InChI is InChI=1S/C27H22N2O2S/c1-18-9-15-22(16-10-18)29-25(30)17-32-27(29)20-11-13-21(14-12-20)28-26(31)24-8-4-6-19-5-2-3-7-23(19)24/h2-16,27H,17H2,1H3,(H,28,31). The number of fused-ring (bicyclic) bond motifs is 1. The SMILES string of the molecule is Cc1ccc(N2C(=O)CSC2c2ccc(NC(=O)c3cccc4ccccc34)cc2)cc1. The predicted octanol–water partition coefficient (Wildman–Crippen LogP) is 6.18. The molecule has 0 saturated carbocycles. The Morgan fingerprint density at radius 2 is 1.62 bits per heavy atom. The molecule has 5 rings (SSSR count). The topological polar surface area (TPSA) is 49.4 Å². The Balaban J connectivity index is 1.36. The molecule has 1 N–H and O–H groups in total. The first-order chi connectivity index (χ1) is 15.6. The Labute approximate surface area is 191 Å². The monoisotopic (exact) mass is 438 g/mol. The van der Waals surface area contributed by atoms with Crippen LogP contribution in [0.15, 0.2) is 91.0 Å². The van der Waals surface area contributed by atoms with Crippen LogP contribution in [0.1, 0.15) is 26.9 Å². The number of benzene rings is 4. The van der Waals surface area contributed by atoms with Crippen molar-refractivity contribution in [2.45, 2.75) is 12.3 Å². The number of anilines is 2. The fourth-order valence-corrected chi connectivity index (χ4v) is 5.19. The van der Waals surface area contributed by atoms with Crippen molar-refractivity contribution in [3.63, 3.8) is 0 Å². The number of amides is 2. The molecule has 0 aromatic heterocycles. The average molecular weight is 439 g/mol. The van der Waals surface area contributed by atoms with Gasteiger partial charge in [0.25, 0.3) is 5.91 Å². The van der Waals surface area contributed by atoms with Gasteiger partial charge in [0.05, 0.1) is 5.75 Å². The first kappa shape index (κ1) is 20.3. The summed E-state index contributed by atoms with van der Waals surface area (Å²) in [5.74, 6) is 0.427. The van der Waals surface area contributed by atoms with Crippen LogP contribution >= 0.6 is 11.8 Å². The maximum Gasteiger partial charge on any atom is 0.256 e. The maximum atomic E-state index is 12.9. The molecule has 158 valence electrons. The van der Waals surface area contributed by atoms with Crippen LogP contribution in [0.4, 0.5) is 11.4 Å². The van der Waals surface area contributed by atoms with E-state index >= 15 is 0 Å². The largest absolute Gasteiger partial charge is 0.322 e. The summed E-state index contributed by atoms with van der Waals surface area (Å²) in [6.07, 6.45) is 0. The molecule has 1 aliphatic rings. The predicted molar refractivity (Wildman–Crippen MR) is 132 cm³/mol. The molecule has 1 fully saturated rings. The van der Waals surface area contributed by atoms with E-state index in [0.29, 0.717) is 11.3 Å². The summed E-state index contributed by atoms with van der Waals surface area (Å²) in [5, 5.41) is 4.89. The Kier molecular flexibility index (Phi) is 5.41. The van der Waals surface area contributed by atoms with Gasteiger partial charge in [-0.25, -0.2) is 0 Å². The lowest BCUT2D eigenvalue weighted by molar-refractivity contribution is -0.115. The van der Waals surface area contributed by atoms with Crippen molar-refractivity contribution < 1.29 is 9.59 Å². The number of carbonyl (C=O) groups is 2. The Morgan fingerprint density at radius 3 is 2.41 bits per heavy atom. The number of nitrogens with one attached hydrogen (secondary N) is 1. The van der Waals surface area contributed by atoms with E-state index in [1.165, 1.54) is 0 Å². The number of nitrogens with zero attached hydrogens (tertiary/aromatic N) is 1. The number of aryl methyl sites for hydroxylation is 1. The Morgan fingerprint density at radius 1 is 0.906 bits per heavy atom. The summed E-state index contributed by atoms with van der Waals surface area (Å²) >= 11 is 1.62. The van der Waals surface area contributed by atoms with Gasteiger partial charge in [0.2, 0.25) is 5.91 Å². The van der Waals surface area contributed by atoms with E-state index in [1.54, 1.807) is 11.8 Å². The third-order valence-corrected chi connectivity index (χ3v) is 6.88. The number of thioether (sulfide) groups is 1. The first-order valence-corrected chi connectivity index (χ1v) is 11.5. The molecule has 2 amide bonds. The summed E-state index contributed by atoms with van der Waals surface area (Å²) in [7, 11) is 0. The maximum absolute atomic E-state index is 12.9. The van der Waals surface area contributed by atoms with E-state index in [-0.39, 0.29) is 17.2 Å². The summed E-state index contributed by atoms with van der Waals surface area (Å²) in [6.45, 7) is 2.03. The van der Waals surface area contributed by atoms with E-state index in [9.17, 15) is 9.59 Å². The molecule has 1 saturated heterocycles. The second kappa shape index (κ2) is 8.52. The molecule has 0 spiro atoms. The molecule has 1 atom stereocenters. The summed E-state index contributed by atoms with van der Waals surface area (Å²) in [5.41, 5.74) is 4.47. The van der Waals surface area contributed by atoms with E-state index in [0.717, 1.165) is 33.3 Å². The third-order valence-electron chi connectivity index (χ3n) is 5.67. The molecule has 32 heavy (non-hydrogen) atoms. The minimum atomic E-state index is -0.138. The fraction of sp³-hybridized carbons (Fsp3) is 0.111. The van der Waals surface area contributed by atoms with Crippen molar-refractivity contribution in [3.8, 4) is 0 Å². The fourth-order valence-electron chi connectivity index (χ4n) is 4.01. The highest BCUT2D eigenvalue weighted by molar-refractivity contribution is 8.00. The average Bonchev–Trinajstić information content (AvgIpc) is 3.21. The van der Waals surface area contributed by atoms with Crippen LogP contribution in [-0.2, 0) is 4.79 Å². The van der Waals surface area contributed by atoms with Gasteiger partial charge in [-0.05, 0) is 53.6 Å². The number of hydrogen-bond acceptors (Lipinski definition) is 3. The van der Waals surface area contributed by atoms with E-state index in [1.807, 2.05) is 103 Å². The molecule has 4 nitrogen and oxygen atoms in total. The highest BCUT2D eigenvalue weighted by Gasteiger charge is 2.33. The molecule has 4 aromatic rings. The third kappa shape index (κ3) is 3.87. The van der Waals surface area contributed by atoms with Crippen LogP contribution in [0, 0.1) is 6.92 Å². The van der Waals surface area contributed by atoms with Crippen LogP contribution in [-0.4, -0.2) is 17.6 Å². The van der Waals surface area contributed by atoms with Crippen molar-refractivity contribution in [2.24, 2.45) is 0 Å². The molecule has 4 aromatic carbocycles. The summed E-state index contributed by atoms with van der Waals surface area (Å²) in [6, 6.07) is 29.4. The van der Waals surface area contributed by atoms with E-state index in [2.05, 4.69) is 5.32 Å². The zero-order valence-electron chi connectivity index (χ0n) is 17.6. The van der Waals surface area contributed by atoms with Crippen LogP contribution in [0.25, 0.3) is 10.8 Å². The van der Waals surface area contributed by atoms with Gasteiger partial charge >= 0.3 is 0 Å². The lowest BCUT2D eigenvalue weighted by Gasteiger charge is -2.24. The van der Waals surface area contributed by atoms with Crippen molar-refractivity contribution in [3.05, 3.63) is 108 Å². The molecular formula is C27H22N2O2S. The van der Waals surface area contributed by atoms with Crippen LogP contribution in [0.2, 0.25) is 0 Å². The summed E-state index contributed by atoms with van der Waals surface area (Å²) < 4.78 is 0. The molecule has 1 heterocycles. The Hall–Kier alpha value is -3.57. The van der Waals surface area contributed by atoms with E-state index < -0.39 is 0 Å². The van der Waals surface area contributed by atoms with E-state index in [4.69, 9.17) is 0 Å². The van der Waals surface area contributed by atoms with Crippen LogP contribution in [0.3, 0.4) is 0 Å². The molecule has 0 aliphatic carbocycles. The quantitative estimate of drug-likeness (QED) is 0.414. The summed E-state index contributed by atoms with van der Waals surface area (Å²) in [4.78, 5) is 27.3. The minimum Gasteiger partial charge on any atom is -0.322 e. The van der Waals surface area contributed by atoms with Crippen molar-refractivity contribution >= 4 is 45.7 Å². The van der Waals surface area contributed by atoms with Crippen LogP contribution in [0.5, 0.6) is 0 Å². The number of carbonyl (C=O) groups excluding carboxylic acids is 2. The lowest BCUT2D eigenvalue weighted by atomic mass is 10.0. The van der Waals surface area contributed by atoms with Crippen molar-refractivity contribution in [1.82, 2.24) is 0 Å². The first-order valence-electron chi connectivity index (χ1n) is 10.5. The highest BCUT2D eigenvalue weighted by Crippen LogP contribution is 2.42. The normalized spacial score (nSPS) is 15.8. The number of rotatable bonds is 4. The highest BCUT2D eigenvalue weighted by atomic mass is 32.2. The molecule has 0 radical (unpaired) electrons. The van der Waals surface area contributed by atoms with Crippen LogP contribution < -0.4 is 10.2 Å². The zero-order valence-corrected chi connectivity index (χ0v) is 18.4. The van der Waals surface area contributed by atoms with Gasteiger partial charge in [-0.3, -0.25) is 14.5 Å². The molecular weight excluding hydrogens is 416 g/mol. The molecule has 0 bridgehead atoms.